The molecular formula is C65H123NO5. The lowest BCUT2D eigenvalue weighted by Gasteiger charge is -2.22. The average Bonchev–Trinajstić information content (AvgIpc) is 3.37. The topological polar surface area (TPSA) is 95.9 Å². The average molecular weight is 999 g/mol. The third kappa shape index (κ3) is 57.2. The van der Waals surface area contributed by atoms with Gasteiger partial charge in [0.15, 0.2) is 0 Å². The van der Waals surface area contributed by atoms with Gasteiger partial charge in [-0.05, 0) is 89.9 Å². The number of carbonyl (C=O) groups excluding carboxylic acids is 2. The molecule has 1 amide bonds. The van der Waals surface area contributed by atoms with Crippen molar-refractivity contribution in [1.82, 2.24) is 5.32 Å². The molecule has 0 bridgehead atoms. The molecule has 6 nitrogen and oxygen atoms in total. The predicted octanol–water partition coefficient (Wildman–Crippen LogP) is 20.0. The van der Waals surface area contributed by atoms with Gasteiger partial charge in [-0.3, -0.25) is 9.59 Å². The van der Waals surface area contributed by atoms with E-state index in [0.717, 1.165) is 83.5 Å². The number of carbonyl (C=O) groups is 2. The smallest absolute Gasteiger partial charge is 0.305 e. The molecule has 0 aromatic carbocycles. The number of allylic oxidation sites excluding steroid dienone is 6. The Labute approximate surface area is 443 Å². The molecule has 3 N–H and O–H groups in total. The summed E-state index contributed by atoms with van der Waals surface area (Å²) < 4.78 is 5.46. The van der Waals surface area contributed by atoms with Crippen LogP contribution in [-0.2, 0) is 14.3 Å². The second kappa shape index (κ2) is 60.6. The quantitative estimate of drug-likeness (QED) is 0.0321. The molecule has 0 aliphatic rings. The minimum absolute atomic E-state index is 0.0292. The van der Waals surface area contributed by atoms with Gasteiger partial charge in [0, 0.05) is 12.8 Å². The van der Waals surface area contributed by atoms with E-state index in [0.29, 0.717) is 25.9 Å². The molecule has 0 heterocycles. The van der Waals surface area contributed by atoms with Crippen molar-refractivity contribution in [3.05, 3.63) is 36.5 Å². The molecule has 0 radical (unpaired) electrons. The van der Waals surface area contributed by atoms with E-state index in [1.165, 1.54) is 225 Å². The van der Waals surface area contributed by atoms with Gasteiger partial charge in [-0.2, -0.15) is 0 Å². The third-order valence-corrected chi connectivity index (χ3v) is 14.7. The number of aliphatic hydroxyl groups excluding tert-OH is 2. The van der Waals surface area contributed by atoms with E-state index >= 15 is 0 Å². The molecule has 0 saturated carbocycles. The van der Waals surface area contributed by atoms with E-state index in [-0.39, 0.29) is 18.5 Å². The van der Waals surface area contributed by atoms with Gasteiger partial charge >= 0.3 is 5.97 Å². The minimum atomic E-state index is -0.683. The van der Waals surface area contributed by atoms with Crippen molar-refractivity contribution < 1.29 is 24.5 Å². The highest BCUT2D eigenvalue weighted by Crippen LogP contribution is 2.18. The SMILES string of the molecule is CCCCCC/C=C\C/C=C\CCCCCCCCCC(=O)OCCCCC/C=C\CCCCCCCC(=O)NC(CO)C(O)CCCCCCCCCCCCCCCCCCCCCCCCCC. The Morgan fingerprint density at radius 3 is 1.10 bits per heavy atom. The van der Waals surface area contributed by atoms with Crippen LogP contribution < -0.4 is 5.32 Å². The molecule has 0 aliphatic carbocycles. The predicted molar refractivity (Wildman–Crippen MR) is 310 cm³/mol. The molecule has 71 heavy (non-hydrogen) atoms. The Morgan fingerprint density at radius 2 is 0.704 bits per heavy atom. The van der Waals surface area contributed by atoms with Gasteiger partial charge in [0.25, 0.3) is 0 Å². The molecule has 418 valence electrons. The number of rotatable bonds is 59. The highest BCUT2D eigenvalue weighted by atomic mass is 16.5. The van der Waals surface area contributed by atoms with Gasteiger partial charge in [0.05, 0.1) is 25.4 Å². The summed E-state index contributed by atoms with van der Waals surface area (Å²) in [4.78, 5) is 24.6. The van der Waals surface area contributed by atoms with Gasteiger partial charge in [-0.25, -0.2) is 0 Å². The lowest BCUT2D eigenvalue weighted by molar-refractivity contribution is -0.143. The molecule has 0 spiro atoms. The van der Waals surface area contributed by atoms with Crippen LogP contribution in [0.2, 0.25) is 0 Å². The molecule has 2 atom stereocenters. The van der Waals surface area contributed by atoms with Crippen LogP contribution in [0.25, 0.3) is 0 Å². The summed E-state index contributed by atoms with van der Waals surface area (Å²) in [5, 5.41) is 23.4. The summed E-state index contributed by atoms with van der Waals surface area (Å²) in [5.41, 5.74) is 0. The fourth-order valence-electron chi connectivity index (χ4n) is 9.78. The Kier molecular flexibility index (Phi) is 59.0. The largest absolute Gasteiger partial charge is 0.466 e. The van der Waals surface area contributed by atoms with Crippen molar-refractivity contribution >= 4 is 11.9 Å². The monoisotopic (exact) mass is 998 g/mol. The molecule has 0 aromatic rings. The number of nitrogens with one attached hydrogen (secondary N) is 1. The van der Waals surface area contributed by atoms with Crippen LogP contribution in [0.4, 0.5) is 0 Å². The van der Waals surface area contributed by atoms with Gasteiger partial charge in [0.2, 0.25) is 5.91 Å². The minimum Gasteiger partial charge on any atom is -0.466 e. The highest BCUT2D eigenvalue weighted by molar-refractivity contribution is 5.76. The number of unbranched alkanes of at least 4 members (excludes halogenated alkanes) is 42. The zero-order valence-corrected chi connectivity index (χ0v) is 47.7. The first-order valence-corrected chi connectivity index (χ1v) is 31.7. The van der Waals surface area contributed by atoms with E-state index in [2.05, 4.69) is 55.6 Å². The summed E-state index contributed by atoms with van der Waals surface area (Å²) >= 11 is 0. The number of hydrogen-bond donors (Lipinski definition) is 3. The number of esters is 1. The van der Waals surface area contributed by atoms with Crippen LogP contribution in [0, 0.1) is 0 Å². The van der Waals surface area contributed by atoms with Crippen LogP contribution in [0.1, 0.15) is 341 Å². The van der Waals surface area contributed by atoms with Gasteiger partial charge in [0.1, 0.15) is 0 Å². The maximum atomic E-state index is 12.5. The van der Waals surface area contributed by atoms with E-state index in [1.807, 2.05) is 0 Å². The zero-order valence-electron chi connectivity index (χ0n) is 47.7. The van der Waals surface area contributed by atoms with E-state index < -0.39 is 12.1 Å². The van der Waals surface area contributed by atoms with Gasteiger partial charge in [-0.15, -0.1) is 0 Å². The Bertz CT molecular complexity index is 1150. The van der Waals surface area contributed by atoms with Crippen molar-refractivity contribution in [1.29, 1.82) is 0 Å². The van der Waals surface area contributed by atoms with Gasteiger partial charge in [-0.1, -0.05) is 275 Å². The normalized spacial score (nSPS) is 12.8. The summed E-state index contributed by atoms with van der Waals surface area (Å²) in [7, 11) is 0. The molecule has 0 saturated heterocycles. The lowest BCUT2D eigenvalue weighted by Crippen LogP contribution is -2.45. The number of amides is 1. The third-order valence-electron chi connectivity index (χ3n) is 14.7. The Balaban J connectivity index is 3.48. The summed E-state index contributed by atoms with van der Waals surface area (Å²) in [6.07, 6.45) is 75.8. The van der Waals surface area contributed by atoms with Crippen molar-refractivity contribution in [2.45, 2.75) is 353 Å². The first kappa shape index (κ1) is 69.1. The second-order valence-corrected chi connectivity index (χ2v) is 21.7. The summed E-state index contributed by atoms with van der Waals surface area (Å²) in [6.45, 7) is 4.90. The standard InChI is InChI=1S/C65H123NO5/c1-3-5-7-9-11-13-15-17-19-21-23-24-25-26-27-28-29-31-33-37-41-45-49-53-57-63(68)62(61-67)66-64(69)58-54-50-46-42-38-35-36-40-44-48-52-56-60-71-65(70)59-55-51-47-43-39-34-32-30-22-20-18-16-14-12-10-8-6-4-2/h14,16,20,22,36,40,62-63,67-68H,3-13,15,17-19,21,23-35,37-39,41-61H2,1-2H3,(H,66,69)/b16-14-,22-20-,40-36-. The van der Waals surface area contributed by atoms with E-state index in [9.17, 15) is 19.8 Å². The lowest BCUT2D eigenvalue weighted by atomic mass is 10.0. The van der Waals surface area contributed by atoms with Crippen molar-refractivity contribution in [2.24, 2.45) is 0 Å². The van der Waals surface area contributed by atoms with Crippen LogP contribution >= 0.6 is 0 Å². The highest BCUT2D eigenvalue weighted by Gasteiger charge is 2.20. The number of aliphatic hydroxyl groups is 2. The molecule has 0 rings (SSSR count). The molecule has 0 fully saturated rings. The van der Waals surface area contributed by atoms with Crippen molar-refractivity contribution in [3.63, 3.8) is 0 Å². The first-order valence-electron chi connectivity index (χ1n) is 31.7. The maximum absolute atomic E-state index is 12.5. The van der Waals surface area contributed by atoms with Crippen LogP contribution in [0.3, 0.4) is 0 Å². The molecule has 2 unspecified atom stereocenters. The molecule has 0 aliphatic heterocycles. The van der Waals surface area contributed by atoms with Crippen LogP contribution in [0.15, 0.2) is 36.5 Å². The van der Waals surface area contributed by atoms with Crippen LogP contribution in [-0.4, -0.2) is 47.4 Å². The fourth-order valence-corrected chi connectivity index (χ4v) is 9.78. The van der Waals surface area contributed by atoms with Crippen molar-refractivity contribution in [2.75, 3.05) is 13.2 Å². The summed E-state index contributed by atoms with van der Waals surface area (Å²) in [5.74, 6) is -0.0875. The van der Waals surface area contributed by atoms with E-state index in [4.69, 9.17) is 4.74 Å². The number of ether oxygens (including phenoxy) is 1. The molecular weight excluding hydrogens is 875 g/mol. The summed E-state index contributed by atoms with van der Waals surface area (Å²) in [6, 6.07) is -0.563. The van der Waals surface area contributed by atoms with Crippen LogP contribution in [0.5, 0.6) is 0 Å². The maximum Gasteiger partial charge on any atom is 0.305 e. The molecule has 6 heteroatoms. The molecule has 0 aromatic heterocycles. The van der Waals surface area contributed by atoms with Crippen molar-refractivity contribution in [3.8, 4) is 0 Å². The Hall–Kier alpha value is -1.92. The fraction of sp³-hybridized carbons (Fsp3) is 0.877. The number of hydrogen-bond acceptors (Lipinski definition) is 5. The Morgan fingerprint density at radius 1 is 0.394 bits per heavy atom. The van der Waals surface area contributed by atoms with Gasteiger partial charge < -0.3 is 20.3 Å². The van der Waals surface area contributed by atoms with E-state index in [1.54, 1.807) is 0 Å². The zero-order chi connectivity index (χ0) is 51.4. The second-order valence-electron chi connectivity index (χ2n) is 21.7. The first-order chi connectivity index (χ1) is 35.0.